The van der Waals surface area contributed by atoms with Gasteiger partial charge in [0.25, 0.3) is 5.56 Å². The predicted octanol–water partition coefficient (Wildman–Crippen LogP) is 3.58. The molecule has 114 valence electrons. The Morgan fingerprint density at radius 1 is 1.19 bits per heavy atom. The standard InChI is InChI=1S/C18H26N2O/c1-4-13-5-14(21)20-15(19-13)18-8-12-6-16(2,10-18)9-17(3,7-12)11-18/h5,12H,4,6-11H2,1-3H3,(H,19,20,21). The van der Waals surface area contributed by atoms with Crippen molar-refractivity contribution in [2.75, 3.05) is 0 Å². The number of hydrogen-bond acceptors (Lipinski definition) is 2. The molecule has 0 aliphatic heterocycles. The summed E-state index contributed by atoms with van der Waals surface area (Å²) in [6, 6.07) is 1.66. The maximum atomic E-state index is 12.0. The quantitative estimate of drug-likeness (QED) is 0.903. The van der Waals surface area contributed by atoms with E-state index in [4.69, 9.17) is 4.98 Å². The molecule has 1 heterocycles. The summed E-state index contributed by atoms with van der Waals surface area (Å²) in [5, 5.41) is 0. The van der Waals surface area contributed by atoms with Crippen molar-refractivity contribution in [2.45, 2.75) is 71.1 Å². The summed E-state index contributed by atoms with van der Waals surface area (Å²) in [6.07, 6.45) is 8.60. The van der Waals surface area contributed by atoms with E-state index in [-0.39, 0.29) is 11.0 Å². The van der Waals surface area contributed by atoms with Crippen molar-refractivity contribution in [1.29, 1.82) is 0 Å². The Labute approximate surface area is 126 Å². The van der Waals surface area contributed by atoms with E-state index in [1.54, 1.807) is 6.07 Å². The van der Waals surface area contributed by atoms with Crippen LogP contribution < -0.4 is 5.56 Å². The van der Waals surface area contributed by atoms with Crippen LogP contribution in [0.3, 0.4) is 0 Å². The number of rotatable bonds is 2. The van der Waals surface area contributed by atoms with Gasteiger partial charge < -0.3 is 4.98 Å². The molecule has 1 N–H and O–H groups in total. The molecule has 4 bridgehead atoms. The highest BCUT2D eigenvalue weighted by atomic mass is 16.1. The van der Waals surface area contributed by atoms with Crippen LogP contribution in [0.1, 0.15) is 70.8 Å². The van der Waals surface area contributed by atoms with Gasteiger partial charge in [0.1, 0.15) is 5.82 Å². The monoisotopic (exact) mass is 286 g/mol. The molecule has 4 fully saturated rings. The van der Waals surface area contributed by atoms with Crippen LogP contribution in [0.2, 0.25) is 0 Å². The van der Waals surface area contributed by atoms with Gasteiger partial charge in [0.2, 0.25) is 0 Å². The van der Waals surface area contributed by atoms with Crippen LogP contribution >= 0.6 is 0 Å². The summed E-state index contributed by atoms with van der Waals surface area (Å²) in [6.45, 7) is 7.01. The molecular formula is C18H26N2O. The molecule has 0 amide bonds. The second-order valence-electron chi connectivity index (χ2n) is 8.85. The van der Waals surface area contributed by atoms with Gasteiger partial charge in [-0.1, -0.05) is 20.8 Å². The molecule has 1 aromatic heterocycles. The first-order valence-corrected chi connectivity index (χ1v) is 8.45. The smallest absolute Gasteiger partial charge is 0.251 e. The molecule has 0 radical (unpaired) electrons. The summed E-state index contributed by atoms with van der Waals surface area (Å²) in [7, 11) is 0. The molecule has 21 heavy (non-hydrogen) atoms. The van der Waals surface area contributed by atoms with Crippen molar-refractivity contribution in [3.63, 3.8) is 0 Å². The molecule has 4 aliphatic rings. The third-order valence-corrected chi connectivity index (χ3v) is 6.29. The lowest BCUT2D eigenvalue weighted by atomic mass is 9.40. The topological polar surface area (TPSA) is 45.8 Å². The second kappa shape index (κ2) is 3.99. The van der Waals surface area contributed by atoms with E-state index in [1.807, 2.05) is 0 Å². The predicted molar refractivity (Wildman–Crippen MR) is 83.3 cm³/mol. The summed E-state index contributed by atoms with van der Waals surface area (Å²) in [5.41, 5.74) is 2.01. The van der Waals surface area contributed by atoms with Gasteiger partial charge in [-0.15, -0.1) is 0 Å². The molecule has 2 atom stereocenters. The number of H-pyrrole nitrogens is 1. The molecule has 1 aromatic rings. The number of aryl methyl sites for hydroxylation is 1. The lowest BCUT2D eigenvalue weighted by Gasteiger charge is -2.65. The van der Waals surface area contributed by atoms with E-state index in [0.29, 0.717) is 10.8 Å². The van der Waals surface area contributed by atoms with E-state index in [0.717, 1.165) is 23.9 Å². The molecular weight excluding hydrogens is 260 g/mol. The van der Waals surface area contributed by atoms with E-state index < -0.39 is 0 Å². The summed E-state index contributed by atoms with van der Waals surface area (Å²) in [5.74, 6) is 1.82. The second-order valence-corrected chi connectivity index (χ2v) is 8.85. The third-order valence-electron chi connectivity index (χ3n) is 6.29. The largest absolute Gasteiger partial charge is 0.310 e. The minimum atomic E-state index is 0.0305. The van der Waals surface area contributed by atoms with Crippen LogP contribution in [0.4, 0.5) is 0 Å². The fraction of sp³-hybridized carbons (Fsp3) is 0.778. The van der Waals surface area contributed by atoms with Gasteiger partial charge in [0, 0.05) is 17.2 Å². The van der Waals surface area contributed by atoms with Gasteiger partial charge in [-0.3, -0.25) is 4.79 Å². The highest BCUT2D eigenvalue weighted by Gasteiger charge is 2.61. The molecule has 4 aliphatic carbocycles. The van der Waals surface area contributed by atoms with Gasteiger partial charge in [0.05, 0.1) is 0 Å². The number of nitrogens with zero attached hydrogens (tertiary/aromatic N) is 1. The Morgan fingerprint density at radius 3 is 2.43 bits per heavy atom. The van der Waals surface area contributed by atoms with Crippen LogP contribution in [0, 0.1) is 16.7 Å². The first-order valence-electron chi connectivity index (χ1n) is 8.45. The highest BCUT2D eigenvalue weighted by Crippen LogP contribution is 2.69. The van der Waals surface area contributed by atoms with Crippen LogP contribution in [-0.4, -0.2) is 9.97 Å². The summed E-state index contributed by atoms with van der Waals surface area (Å²) >= 11 is 0. The zero-order valence-corrected chi connectivity index (χ0v) is 13.5. The summed E-state index contributed by atoms with van der Waals surface area (Å²) in [4.78, 5) is 20.0. The van der Waals surface area contributed by atoms with Crippen LogP contribution in [0.5, 0.6) is 0 Å². The Bertz CT molecular complexity index is 629. The van der Waals surface area contributed by atoms with Crippen LogP contribution in [-0.2, 0) is 11.8 Å². The van der Waals surface area contributed by atoms with Crippen molar-refractivity contribution in [2.24, 2.45) is 16.7 Å². The SMILES string of the molecule is CCc1cc(=O)[nH]c(C23CC4CC(C)(CC(C)(C4)C2)C3)n1. The van der Waals surface area contributed by atoms with E-state index >= 15 is 0 Å². The van der Waals surface area contributed by atoms with Crippen LogP contribution in [0.15, 0.2) is 10.9 Å². The Morgan fingerprint density at radius 2 is 1.86 bits per heavy atom. The molecule has 0 saturated heterocycles. The Kier molecular flexibility index (Phi) is 2.57. The number of aromatic amines is 1. The molecule has 2 unspecified atom stereocenters. The van der Waals surface area contributed by atoms with E-state index in [9.17, 15) is 4.79 Å². The van der Waals surface area contributed by atoms with Gasteiger partial charge in [0.15, 0.2) is 0 Å². The number of aromatic nitrogens is 2. The van der Waals surface area contributed by atoms with Gasteiger partial charge >= 0.3 is 0 Å². The minimum Gasteiger partial charge on any atom is -0.310 e. The summed E-state index contributed by atoms with van der Waals surface area (Å²) < 4.78 is 0. The molecule has 4 saturated carbocycles. The highest BCUT2D eigenvalue weighted by molar-refractivity contribution is 5.23. The molecule has 3 heteroatoms. The average molecular weight is 286 g/mol. The molecule has 3 nitrogen and oxygen atoms in total. The molecule has 5 rings (SSSR count). The number of hydrogen-bond donors (Lipinski definition) is 1. The van der Waals surface area contributed by atoms with Crippen molar-refractivity contribution in [1.82, 2.24) is 9.97 Å². The van der Waals surface area contributed by atoms with Gasteiger partial charge in [-0.2, -0.15) is 0 Å². The first-order chi connectivity index (χ1) is 9.84. The zero-order valence-electron chi connectivity index (χ0n) is 13.5. The van der Waals surface area contributed by atoms with Gasteiger partial charge in [-0.05, 0) is 61.7 Å². The molecule has 0 aromatic carbocycles. The van der Waals surface area contributed by atoms with Crippen molar-refractivity contribution in [3.8, 4) is 0 Å². The van der Waals surface area contributed by atoms with E-state index in [2.05, 4.69) is 25.8 Å². The maximum Gasteiger partial charge on any atom is 0.251 e. The zero-order chi connectivity index (χ0) is 14.9. The number of nitrogens with one attached hydrogen (secondary N) is 1. The van der Waals surface area contributed by atoms with E-state index in [1.165, 1.54) is 38.5 Å². The fourth-order valence-electron chi connectivity index (χ4n) is 6.65. The van der Waals surface area contributed by atoms with Crippen molar-refractivity contribution in [3.05, 3.63) is 27.9 Å². The Balaban J connectivity index is 1.84. The Hall–Kier alpha value is -1.12. The minimum absolute atomic E-state index is 0.0305. The normalized spacial score (nSPS) is 44.2. The molecule has 0 spiro atoms. The average Bonchev–Trinajstić information content (AvgIpc) is 2.33. The lowest BCUT2D eigenvalue weighted by Crippen LogP contribution is -2.57. The fourth-order valence-corrected chi connectivity index (χ4v) is 6.65. The lowest BCUT2D eigenvalue weighted by molar-refractivity contribution is -0.112. The van der Waals surface area contributed by atoms with Crippen LogP contribution in [0.25, 0.3) is 0 Å². The van der Waals surface area contributed by atoms with Crippen molar-refractivity contribution >= 4 is 0 Å². The van der Waals surface area contributed by atoms with Gasteiger partial charge in [-0.25, -0.2) is 4.98 Å². The first kappa shape index (κ1) is 13.5. The maximum absolute atomic E-state index is 12.0. The van der Waals surface area contributed by atoms with Crippen molar-refractivity contribution < 1.29 is 0 Å². The third kappa shape index (κ3) is 2.00.